The number of benzene rings is 1. The van der Waals surface area contributed by atoms with E-state index in [4.69, 9.17) is 33.7 Å². The molecule has 0 bridgehead atoms. The van der Waals surface area contributed by atoms with Gasteiger partial charge in [-0.25, -0.2) is 9.50 Å². The molecule has 3 aromatic rings. The van der Waals surface area contributed by atoms with Crippen molar-refractivity contribution in [3.63, 3.8) is 0 Å². The molecule has 0 aliphatic carbocycles. The Morgan fingerprint density at radius 2 is 1.82 bits per heavy atom. The molecule has 22 heavy (non-hydrogen) atoms. The van der Waals surface area contributed by atoms with Crippen LogP contribution in [0.2, 0.25) is 10.3 Å². The zero-order valence-corrected chi connectivity index (χ0v) is 12.6. The summed E-state index contributed by atoms with van der Waals surface area (Å²) in [5.41, 5.74) is 2.79. The van der Waals surface area contributed by atoms with Crippen LogP contribution in [0.15, 0.2) is 30.5 Å². The lowest BCUT2D eigenvalue weighted by atomic mass is 10.1. The summed E-state index contributed by atoms with van der Waals surface area (Å²) in [5, 5.41) is 22.4. The van der Waals surface area contributed by atoms with Gasteiger partial charge in [-0.1, -0.05) is 35.3 Å². The van der Waals surface area contributed by atoms with E-state index in [1.807, 2.05) is 18.2 Å². The smallest absolute Gasteiger partial charge is 0.176 e. The molecule has 0 unspecified atom stereocenters. The highest BCUT2D eigenvalue weighted by atomic mass is 35.5. The van der Waals surface area contributed by atoms with Crippen molar-refractivity contribution in [3.05, 3.63) is 63.0 Å². The minimum Gasteiger partial charge on any atom is -0.215 e. The van der Waals surface area contributed by atoms with Gasteiger partial charge in [0.05, 0.1) is 17.8 Å². The predicted molar refractivity (Wildman–Crippen MR) is 81.7 cm³/mol. The molecule has 0 spiro atoms. The quantitative estimate of drug-likeness (QED) is 0.676. The fourth-order valence-electron chi connectivity index (χ4n) is 2.09. The fourth-order valence-corrected chi connectivity index (χ4v) is 2.66. The van der Waals surface area contributed by atoms with Gasteiger partial charge in [-0.05, 0) is 17.7 Å². The highest BCUT2D eigenvalue weighted by Crippen LogP contribution is 2.27. The summed E-state index contributed by atoms with van der Waals surface area (Å²) in [4.78, 5) is 4.20. The number of halogens is 2. The van der Waals surface area contributed by atoms with E-state index in [1.165, 1.54) is 10.7 Å². The summed E-state index contributed by atoms with van der Waals surface area (Å²) in [5.74, 6) is 0. The second-order valence-electron chi connectivity index (χ2n) is 4.56. The molecule has 2 heterocycles. The van der Waals surface area contributed by atoms with Crippen molar-refractivity contribution in [1.82, 2.24) is 14.6 Å². The molecule has 0 saturated carbocycles. The first kappa shape index (κ1) is 14.3. The Balaban J connectivity index is 2.07. The Hall–Kier alpha value is -2.60. The summed E-state index contributed by atoms with van der Waals surface area (Å²) in [6.45, 7) is 0. The molecular formula is C15H7Cl2N5. The lowest BCUT2D eigenvalue weighted by Crippen LogP contribution is -2.01. The molecule has 0 atom stereocenters. The average molecular weight is 328 g/mol. The van der Waals surface area contributed by atoms with Crippen LogP contribution in [-0.4, -0.2) is 14.6 Å². The lowest BCUT2D eigenvalue weighted by Gasteiger charge is -2.08. The third-order valence-electron chi connectivity index (χ3n) is 3.22. The van der Waals surface area contributed by atoms with Crippen molar-refractivity contribution >= 4 is 28.8 Å². The van der Waals surface area contributed by atoms with Crippen molar-refractivity contribution in [2.45, 2.75) is 6.42 Å². The standard InChI is InChI=1S/C15H7Cl2N5/c16-13-12(5-9-1-3-10(6-18)4-2-9)14(17)22-15(21-13)11(7-19)8-20-22/h1-4,8H,5H2. The largest absolute Gasteiger partial charge is 0.215 e. The second-order valence-corrected chi connectivity index (χ2v) is 5.28. The van der Waals surface area contributed by atoms with Crippen LogP contribution in [0.25, 0.3) is 5.65 Å². The highest BCUT2D eigenvalue weighted by Gasteiger charge is 2.16. The van der Waals surface area contributed by atoms with E-state index in [2.05, 4.69) is 16.2 Å². The van der Waals surface area contributed by atoms with Gasteiger partial charge in [0, 0.05) is 12.0 Å². The van der Waals surface area contributed by atoms with Crippen LogP contribution in [0.3, 0.4) is 0 Å². The summed E-state index contributed by atoms with van der Waals surface area (Å²) < 4.78 is 1.39. The lowest BCUT2D eigenvalue weighted by molar-refractivity contribution is 0.917. The van der Waals surface area contributed by atoms with Crippen LogP contribution in [0.1, 0.15) is 22.3 Å². The normalized spacial score (nSPS) is 10.4. The van der Waals surface area contributed by atoms with Crippen LogP contribution in [0.4, 0.5) is 0 Å². The van der Waals surface area contributed by atoms with Gasteiger partial charge in [0.1, 0.15) is 21.9 Å². The molecule has 0 radical (unpaired) electrons. The maximum atomic E-state index is 9.00. The van der Waals surface area contributed by atoms with Crippen molar-refractivity contribution in [1.29, 1.82) is 10.5 Å². The highest BCUT2D eigenvalue weighted by molar-refractivity contribution is 6.35. The number of aromatic nitrogens is 3. The van der Waals surface area contributed by atoms with Crippen LogP contribution < -0.4 is 0 Å². The van der Waals surface area contributed by atoms with Crippen LogP contribution in [-0.2, 0) is 6.42 Å². The van der Waals surface area contributed by atoms with E-state index in [0.29, 0.717) is 33.9 Å². The topological polar surface area (TPSA) is 77.8 Å². The molecule has 0 aliphatic heterocycles. The molecule has 0 fully saturated rings. The van der Waals surface area contributed by atoms with Gasteiger partial charge < -0.3 is 0 Å². The Labute approximate surface area is 136 Å². The first-order chi connectivity index (χ1) is 10.6. The van der Waals surface area contributed by atoms with Crippen molar-refractivity contribution in [2.75, 3.05) is 0 Å². The Morgan fingerprint density at radius 1 is 1.09 bits per heavy atom. The van der Waals surface area contributed by atoms with E-state index in [1.54, 1.807) is 12.1 Å². The Bertz CT molecular complexity index is 945. The maximum Gasteiger partial charge on any atom is 0.176 e. The van der Waals surface area contributed by atoms with E-state index >= 15 is 0 Å². The Morgan fingerprint density at radius 3 is 2.45 bits per heavy atom. The van der Waals surface area contributed by atoms with Crippen LogP contribution in [0, 0.1) is 22.7 Å². The molecule has 0 aliphatic rings. The SMILES string of the molecule is N#Cc1ccc(Cc2c(Cl)nc3c(C#N)cnn3c2Cl)cc1. The summed E-state index contributed by atoms with van der Waals surface area (Å²) in [7, 11) is 0. The van der Waals surface area contributed by atoms with Crippen molar-refractivity contribution in [2.24, 2.45) is 0 Å². The average Bonchev–Trinajstić information content (AvgIpc) is 2.95. The molecular weight excluding hydrogens is 321 g/mol. The van der Waals surface area contributed by atoms with Gasteiger partial charge in [-0.15, -0.1) is 0 Å². The monoisotopic (exact) mass is 327 g/mol. The minimum absolute atomic E-state index is 0.235. The first-order valence-electron chi connectivity index (χ1n) is 6.24. The van der Waals surface area contributed by atoms with Gasteiger partial charge in [0.15, 0.2) is 5.65 Å². The van der Waals surface area contributed by atoms with Gasteiger partial charge in [-0.3, -0.25) is 0 Å². The molecule has 7 heteroatoms. The van der Waals surface area contributed by atoms with Crippen LogP contribution in [0.5, 0.6) is 0 Å². The third-order valence-corrected chi connectivity index (χ3v) is 3.92. The molecule has 2 aromatic heterocycles. The molecule has 0 saturated heterocycles. The van der Waals surface area contributed by atoms with E-state index in [9.17, 15) is 0 Å². The number of rotatable bonds is 2. The maximum absolute atomic E-state index is 9.00. The molecule has 0 N–H and O–H groups in total. The van der Waals surface area contributed by atoms with E-state index in [-0.39, 0.29) is 5.15 Å². The van der Waals surface area contributed by atoms with Gasteiger partial charge in [-0.2, -0.15) is 15.6 Å². The van der Waals surface area contributed by atoms with Crippen LogP contribution >= 0.6 is 23.2 Å². The number of nitriles is 2. The molecule has 5 nitrogen and oxygen atoms in total. The minimum atomic E-state index is 0.235. The van der Waals surface area contributed by atoms with Gasteiger partial charge >= 0.3 is 0 Å². The zero-order chi connectivity index (χ0) is 15.7. The van der Waals surface area contributed by atoms with Gasteiger partial charge in [0.2, 0.25) is 0 Å². The van der Waals surface area contributed by atoms with Gasteiger partial charge in [0.25, 0.3) is 0 Å². The summed E-state index contributed by atoms with van der Waals surface area (Å²) >= 11 is 12.5. The molecule has 0 amide bonds. The first-order valence-corrected chi connectivity index (χ1v) is 7.00. The molecule has 106 valence electrons. The fraction of sp³-hybridized carbons (Fsp3) is 0.0667. The summed E-state index contributed by atoms with van der Waals surface area (Å²) in [6, 6.07) is 11.2. The molecule has 3 rings (SSSR count). The van der Waals surface area contributed by atoms with E-state index in [0.717, 1.165) is 5.56 Å². The number of hydrogen-bond acceptors (Lipinski definition) is 4. The predicted octanol–water partition coefficient (Wildman–Crippen LogP) is 3.37. The molecule has 1 aromatic carbocycles. The number of fused-ring (bicyclic) bond motifs is 1. The number of nitrogens with zero attached hydrogens (tertiary/aromatic N) is 5. The zero-order valence-electron chi connectivity index (χ0n) is 11.1. The van der Waals surface area contributed by atoms with E-state index < -0.39 is 0 Å². The Kier molecular flexibility index (Phi) is 3.68. The second kappa shape index (κ2) is 5.65. The van der Waals surface area contributed by atoms with Crippen molar-refractivity contribution in [3.8, 4) is 12.1 Å². The summed E-state index contributed by atoms with van der Waals surface area (Å²) in [6.07, 6.45) is 1.85. The van der Waals surface area contributed by atoms with Crippen molar-refractivity contribution < 1.29 is 0 Å². The number of hydrogen-bond donors (Lipinski definition) is 0. The third kappa shape index (κ3) is 2.37.